The minimum Gasteiger partial charge on any atom is -0.633 e. The molecule has 0 radical (unpaired) electrons. The second-order valence-electron chi connectivity index (χ2n) is 2.82. The number of hydroxylamine groups is 3. The van der Waals surface area contributed by atoms with Crippen molar-refractivity contribution in [3.8, 4) is 0 Å². The van der Waals surface area contributed by atoms with Crippen molar-refractivity contribution in [3.05, 3.63) is 5.21 Å². The summed E-state index contributed by atoms with van der Waals surface area (Å²) in [6, 6.07) is 0. The Morgan fingerprint density at radius 1 is 1.00 bits per heavy atom. The molecule has 2 heteroatoms. The second-order valence-corrected chi connectivity index (χ2v) is 2.82. The maximum atomic E-state index is 11.6. The third-order valence-electron chi connectivity index (χ3n) is 1.84. The van der Waals surface area contributed by atoms with E-state index >= 15 is 0 Å². The van der Waals surface area contributed by atoms with E-state index in [4.69, 9.17) is 0 Å². The van der Waals surface area contributed by atoms with E-state index in [1.807, 2.05) is 6.92 Å². The highest BCUT2D eigenvalue weighted by Crippen LogP contribution is 2.05. The van der Waals surface area contributed by atoms with Gasteiger partial charge in [0.15, 0.2) is 0 Å². The highest BCUT2D eigenvalue weighted by molar-refractivity contribution is 4.39. The predicted molar refractivity (Wildman–Crippen MR) is 44.5 cm³/mol. The van der Waals surface area contributed by atoms with E-state index in [0.29, 0.717) is 0 Å². The molecular weight excluding hydrogens is 126 g/mol. The first-order valence-electron chi connectivity index (χ1n) is 4.25. The molecule has 0 saturated carbocycles. The van der Waals surface area contributed by atoms with Crippen LogP contribution in [0.3, 0.4) is 0 Å². The molecule has 10 heavy (non-hydrogen) atoms. The first-order valence-corrected chi connectivity index (χ1v) is 4.25. The van der Waals surface area contributed by atoms with E-state index < -0.39 is 0 Å². The molecule has 0 unspecified atom stereocenters. The van der Waals surface area contributed by atoms with Gasteiger partial charge in [0.2, 0.25) is 0 Å². The summed E-state index contributed by atoms with van der Waals surface area (Å²) < 4.78 is 0.00694. The lowest BCUT2D eigenvalue weighted by atomic mass is 10.3. The molecule has 0 fully saturated rings. The average Bonchev–Trinajstić information content (AvgIpc) is 1.89. The van der Waals surface area contributed by atoms with Crippen molar-refractivity contribution < 1.29 is 4.65 Å². The van der Waals surface area contributed by atoms with E-state index in [0.717, 1.165) is 32.5 Å². The number of quaternary nitrogens is 1. The van der Waals surface area contributed by atoms with Gasteiger partial charge in [-0.1, -0.05) is 13.8 Å². The molecule has 2 nitrogen and oxygen atoms in total. The zero-order chi connectivity index (χ0) is 8.04. The summed E-state index contributed by atoms with van der Waals surface area (Å²) in [5.41, 5.74) is 0. The fourth-order valence-electron chi connectivity index (χ4n) is 1.24. The van der Waals surface area contributed by atoms with Gasteiger partial charge in [-0.15, -0.1) is 0 Å². The molecule has 0 aliphatic rings. The lowest BCUT2D eigenvalue weighted by molar-refractivity contribution is -0.879. The van der Waals surface area contributed by atoms with Crippen LogP contribution in [0, 0.1) is 5.21 Å². The third kappa shape index (κ3) is 3.18. The Morgan fingerprint density at radius 2 is 1.40 bits per heavy atom. The smallest absolute Gasteiger partial charge is 0.0781 e. The van der Waals surface area contributed by atoms with Crippen molar-refractivity contribution in [1.29, 1.82) is 0 Å². The van der Waals surface area contributed by atoms with E-state index in [1.54, 1.807) is 0 Å². The molecule has 0 bridgehead atoms. The Balaban J connectivity index is 3.69. The normalized spacial score (nSPS) is 12.0. The summed E-state index contributed by atoms with van der Waals surface area (Å²) in [6.45, 7) is 8.39. The van der Waals surface area contributed by atoms with Crippen molar-refractivity contribution in [2.75, 3.05) is 19.6 Å². The Morgan fingerprint density at radius 3 is 1.60 bits per heavy atom. The van der Waals surface area contributed by atoms with Crippen molar-refractivity contribution >= 4 is 0 Å². The zero-order valence-corrected chi connectivity index (χ0v) is 7.39. The Bertz CT molecular complexity index is 77.3. The van der Waals surface area contributed by atoms with Gasteiger partial charge < -0.3 is 9.85 Å². The largest absolute Gasteiger partial charge is 0.633 e. The molecule has 0 spiro atoms. The molecule has 0 heterocycles. The van der Waals surface area contributed by atoms with Crippen LogP contribution in [0.1, 0.15) is 33.6 Å². The van der Waals surface area contributed by atoms with Gasteiger partial charge in [0.05, 0.1) is 19.6 Å². The molecule has 0 saturated heterocycles. The summed E-state index contributed by atoms with van der Waals surface area (Å²) >= 11 is 0. The Hall–Kier alpha value is -0.0800. The van der Waals surface area contributed by atoms with E-state index in [2.05, 4.69) is 13.8 Å². The number of rotatable bonds is 5. The summed E-state index contributed by atoms with van der Waals surface area (Å²) in [5, 5.41) is 11.6. The first-order chi connectivity index (χ1) is 4.68. The predicted octanol–water partition coefficient (Wildman–Crippen LogP) is 2.14. The number of nitrogens with zero attached hydrogens (tertiary/aromatic N) is 1. The highest BCUT2D eigenvalue weighted by atomic mass is 16.5. The van der Waals surface area contributed by atoms with E-state index in [9.17, 15) is 5.21 Å². The molecule has 0 N–H and O–H groups in total. The second kappa shape index (κ2) is 4.69. The van der Waals surface area contributed by atoms with Crippen LogP contribution in [0.4, 0.5) is 0 Å². The molecule has 0 aromatic carbocycles. The van der Waals surface area contributed by atoms with Gasteiger partial charge in [-0.05, 0) is 19.8 Å². The van der Waals surface area contributed by atoms with Crippen LogP contribution in [0.15, 0.2) is 0 Å². The summed E-state index contributed by atoms with van der Waals surface area (Å²) in [5.74, 6) is 0. The van der Waals surface area contributed by atoms with Crippen molar-refractivity contribution in [1.82, 2.24) is 0 Å². The topological polar surface area (TPSA) is 23.1 Å². The Labute approximate surface area is 64.0 Å². The van der Waals surface area contributed by atoms with E-state index in [-0.39, 0.29) is 4.65 Å². The van der Waals surface area contributed by atoms with Gasteiger partial charge in [0.25, 0.3) is 0 Å². The highest BCUT2D eigenvalue weighted by Gasteiger charge is 2.09. The number of hydrogen-bond donors (Lipinski definition) is 0. The third-order valence-corrected chi connectivity index (χ3v) is 1.84. The monoisotopic (exact) mass is 145 g/mol. The van der Waals surface area contributed by atoms with Crippen LogP contribution in [-0.2, 0) is 0 Å². The SMILES string of the molecule is CCC[N+]([O-])(CC)CCC. The van der Waals surface area contributed by atoms with Gasteiger partial charge in [-0.3, -0.25) is 0 Å². The quantitative estimate of drug-likeness (QED) is 0.429. The molecule has 0 aromatic heterocycles. The van der Waals surface area contributed by atoms with Crippen molar-refractivity contribution in [2.45, 2.75) is 33.6 Å². The minimum atomic E-state index is 0.00694. The van der Waals surface area contributed by atoms with Gasteiger partial charge in [0.1, 0.15) is 0 Å². The molecule has 0 atom stereocenters. The molecule has 0 amide bonds. The fourth-order valence-corrected chi connectivity index (χ4v) is 1.24. The molecule has 0 aliphatic heterocycles. The lowest BCUT2D eigenvalue weighted by Gasteiger charge is -2.41. The van der Waals surface area contributed by atoms with Crippen LogP contribution in [0.5, 0.6) is 0 Å². The maximum Gasteiger partial charge on any atom is 0.0781 e. The lowest BCUT2D eigenvalue weighted by Crippen LogP contribution is -2.42. The molecular formula is C8H19NO. The van der Waals surface area contributed by atoms with Crippen LogP contribution in [-0.4, -0.2) is 24.3 Å². The standard InChI is InChI=1S/C8H19NO/c1-4-7-9(10,6-3)8-5-2/h4-8H2,1-3H3. The van der Waals surface area contributed by atoms with Crippen LogP contribution >= 0.6 is 0 Å². The van der Waals surface area contributed by atoms with Crippen molar-refractivity contribution in [2.24, 2.45) is 0 Å². The summed E-state index contributed by atoms with van der Waals surface area (Å²) in [7, 11) is 0. The first kappa shape index (κ1) is 9.92. The maximum absolute atomic E-state index is 11.6. The zero-order valence-electron chi connectivity index (χ0n) is 7.39. The van der Waals surface area contributed by atoms with Gasteiger partial charge in [-0.25, -0.2) is 0 Å². The summed E-state index contributed by atoms with van der Waals surface area (Å²) in [4.78, 5) is 0. The summed E-state index contributed by atoms with van der Waals surface area (Å²) in [6.07, 6.45) is 1.99. The van der Waals surface area contributed by atoms with Gasteiger partial charge in [0, 0.05) is 0 Å². The van der Waals surface area contributed by atoms with Crippen LogP contribution in [0.2, 0.25) is 0 Å². The molecule has 0 rings (SSSR count). The number of hydrogen-bond acceptors (Lipinski definition) is 1. The Kier molecular flexibility index (Phi) is 4.65. The van der Waals surface area contributed by atoms with E-state index in [1.165, 1.54) is 0 Å². The molecule has 62 valence electrons. The van der Waals surface area contributed by atoms with Gasteiger partial charge >= 0.3 is 0 Å². The van der Waals surface area contributed by atoms with Crippen LogP contribution in [0.25, 0.3) is 0 Å². The average molecular weight is 145 g/mol. The van der Waals surface area contributed by atoms with Crippen LogP contribution < -0.4 is 0 Å². The molecule has 0 aromatic rings. The molecule has 0 aliphatic carbocycles. The minimum absolute atomic E-state index is 0.00694. The fraction of sp³-hybridized carbons (Fsp3) is 1.00. The van der Waals surface area contributed by atoms with Gasteiger partial charge in [-0.2, -0.15) is 0 Å². The van der Waals surface area contributed by atoms with Crippen molar-refractivity contribution in [3.63, 3.8) is 0 Å².